The van der Waals surface area contributed by atoms with Crippen LogP contribution in [-0.2, 0) is 9.53 Å². The molecule has 0 aliphatic rings. The maximum atomic E-state index is 11.8. The molecule has 0 spiro atoms. The molecule has 1 rings (SSSR count). The molecule has 0 aromatic heterocycles. The number of alkyl halides is 3. The van der Waals surface area contributed by atoms with E-state index in [-0.39, 0.29) is 0 Å². The molecule has 0 heterocycles. The standard InChI is InChI=1S/C12H13BrF3NO2/c1-7-3-9(13)4-8(2)11(7)17-10(18)5-19-6-12(14,15)16/h3-4H,5-6H2,1-2H3,(H,17,18). The van der Waals surface area contributed by atoms with Crippen molar-refractivity contribution in [2.75, 3.05) is 18.5 Å². The molecule has 1 N–H and O–H groups in total. The Kier molecular flexibility index (Phi) is 5.37. The number of carbonyl (C=O) groups is 1. The summed E-state index contributed by atoms with van der Waals surface area (Å²) in [7, 11) is 0. The lowest BCUT2D eigenvalue weighted by molar-refractivity contribution is -0.174. The van der Waals surface area contributed by atoms with E-state index in [0.717, 1.165) is 15.6 Å². The largest absolute Gasteiger partial charge is 0.411 e. The lowest BCUT2D eigenvalue weighted by atomic mass is 10.1. The molecule has 0 aliphatic heterocycles. The number of halogens is 4. The van der Waals surface area contributed by atoms with Crippen molar-refractivity contribution in [3.8, 4) is 0 Å². The van der Waals surface area contributed by atoms with E-state index in [1.807, 2.05) is 0 Å². The van der Waals surface area contributed by atoms with Crippen LogP contribution in [0, 0.1) is 13.8 Å². The van der Waals surface area contributed by atoms with Crippen LogP contribution in [0.3, 0.4) is 0 Å². The van der Waals surface area contributed by atoms with E-state index in [0.29, 0.717) is 5.69 Å². The summed E-state index contributed by atoms with van der Waals surface area (Å²) in [6.07, 6.45) is -4.43. The Hall–Kier alpha value is -1.08. The van der Waals surface area contributed by atoms with Crippen molar-refractivity contribution in [2.24, 2.45) is 0 Å². The van der Waals surface area contributed by atoms with Gasteiger partial charge in [-0.3, -0.25) is 4.79 Å². The van der Waals surface area contributed by atoms with Gasteiger partial charge in [-0.05, 0) is 37.1 Å². The van der Waals surface area contributed by atoms with Gasteiger partial charge in [-0.2, -0.15) is 13.2 Å². The summed E-state index contributed by atoms with van der Waals surface area (Å²) < 4.78 is 40.7. The number of nitrogens with one attached hydrogen (secondary N) is 1. The molecule has 0 saturated carbocycles. The van der Waals surface area contributed by atoms with Crippen LogP contribution < -0.4 is 5.32 Å². The van der Waals surface area contributed by atoms with Crippen LogP contribution in [-0.4, -0.2) is 25.3 Å². The Labute approximate surface area is 117 Å². The van der Waals surface area contributed by atoms with Crippen molar-refractivity contribution in [1.29, 1.82) is 0 Å². The first kappa shape index (κ1) is 16.0. The van der Waals surface area contributed by atoms with E-state index in [1.165, 1.54) is 0 Å². The van der Waals surface area contributed by atoms with Gasteiger partial charge in [-0.15, -0.1) is 0 Å². The minimum atomic E-state index is -4.43. The fraction of sp³-hybridized carbons (Fsp3) is 0.417. The molecular formula is C12H13BrF3NO2. The van der Waals surface area contributed by atoms with Gasteiger partial charge in [0.25, 0.3) is 0 Å². The molecule has 7 heteroatoms. The van der Waals surface area contributed by atoms with Gasteiger partial charge in [0.2, 0.25) is 5.91 Å². The summed E-state index contributed by atoms with van der Waals surface area (Å²) in [4.78, 5) is 11.5. The number of amides is 1. The second-order valence-corrected chi connectivity index (χ2v) is 4.99. The minimum Gasteiger partial charge on any atom is -0.362 e. The maximum absolute atomic E-state index is 11.8. The van der Waals surface area contributed by atoms with Crippen molar-refractivity contribution in [1.82, 2.24) is 0 Å². The summed E-state index contributed by atoms with van der Waals surface area (Å²) >= 11 is 3.31. The summed E-state index contributed by atoms with van der Waals surface area (Å²) in [5.41, 5.74) is 2.22. The van der Waals surface area contributed by atoms with Gasteiger partial charge in [0.15, 0.2) is 0 Å². The summed E-state index contributed by atoms with van der Waals surface area (Å²) in [5, 5.41) is 2.54. The molecule has 0 saturated heterocycles. The smallest absolute Gasteiger partial charge is 0.362 e. The third-order valence-corrected chi connectivity index (χ3v) is 2.72. The Morgan fingerprint density at radius 1 is 1.32 bits per heavy atom. The number of benzene rings is 1. The zero-order valence-corrected chi connectivity index (χ0v) is 12.0. The van der Waals surface area contributed by atoms with E-state index >= 15 is 0 Å². The van der Waals surface area contributed by atoms with Gasteiger partial charge in [-0.1, -0.05) is 15.9 Å². The summed E-state index contributed by atoms with van der Waals surface area (Å²) in [6.45, 7) is 1.53. The van der Waals surface area contributed by atoms with Crippen molar-refractivity contribution in [3.63, 3.8) is 0 Å². The van der Waals surface area contributed by atoms with E-state index in [9.17, 15) is 18.0 Å². The molecule has 3 nitrogen and oxygen atoms in total. The van der Waals surface area contributed by atoms with Gasteiger partial charge >= 0.3 is 6.18 Å². The zero-order chi connectivity index (χ0) is 14.6. The Bertz CT molecular complexity index is 452. The van der Waals surface area contributed by atoms with Crippen LogP contribution in [0.25, 0.3) is 0 Å². The second-order valence-electron chi connectivity index (χ2n) is 4.07. The third-order valence-electron chi connectivity index (χ3n) is 2.26. The Balaban J connectivity index is 2.58. The van der Waals surface area contributed by atoms with E-state index in [2.05, 4.69) is 26.0 Å². The number of hydrogen-bond donors (Lipinski definition) is 1. The first-order valence-corrected chi connectivity index (χ1v) is 6.19. The van der Waals surface area contributed by atoms with Crippen molar-refractivity contribution in [3.05, 3.63) is 27.7 Å². The van der Waals surface area contributed by atoms with Crippen molar-refractivity contribution >= 4 is 27.5 Å². The first-order valence-electron chi connectivity index (χ1n) is 5.40. The van der Waals surface area contributed by atoms with E-state index in [4.69, 9.17) is 0 Å². The average Bonchev–Trinajstić information content (AvgIpc) is 2.21. The van der Waals surface area contributed by atoms with Crippen LogP contribution in [0.5, 0.6) is 0 Å². The van der Waals surface area contributed by atoms with Gasteiger partial charge in [-0.25, -0.2) is 0 Å². The fourth-order valence-corrected chi connectivity index (χ4v) is 2.23. The first-order chi connectivity index (χ1) is 8.69. The monoisotopic (exact) mass is 339 g/mol. The number of carbonyl (C=O) groups excluding carboxylic acids is 1. The molecule has 1 aromatic rings. The predicted octanol–water partition coefficient (Wildman–Crippen LogP) is 3.58. The molecule has 1 aromatic carbocycles. The SMILES string of the molecule is Cc1cc(Br)cc(C)c1NC(=O)COCC(F)(F)F. The van der Waals surface area contributed by atoms with Gasteiger partial charge in [0.1, 0.15) is 13.2 Å². The quantitative estimate of drug-likeness (QED) is 0.910. The Morgan fingerprint density at radius 2 is 1.84 bits per heavy atom. The number of aryl methyl sites for hydroxylation is 2. The summed E-state index contributed by atoms with van der Waals surface area (Å²) in [6, 6.07) is 3.61. The minimum absolute atomic E-state index is 0.587. The molecule has 0 bridgehead atoms. The second kappa shape index (κ2) is 6.38. The normalized spacial score (nSPS) is 11.5. The van der Waals surface area contributed by atoms with Crippen molar-refractivity contribution in [2.45, 2.75) is 20.0 Å². The molecule has 0 radical (unpaired) electrons. The van der Waals surface area contributed by atoms with E-state index in [1.54, 1.807) is 26.0 Å². The number of hydrogen-bond acceptors (Lipinski definition) is 2. The summed E-state index contributed by atoms with van der Waals surface area (Å²) in [5.74, 6) is -0.613. The van der Waals surface area contributed by atoms with Crippen LogP contribution in [0.1, 0.15) is 11.1 Å². The molecule has 1 amide bonds. The number of anilines is 1. The van der Waals surface area contributed by atoms with Gasteiger partial charge in [0.05, 0.1) is 0 Å². The molecule has 106 valence electrons. The molecule has 0 fully saturated rings. The Morgan fingerprint density at radius 3 is 2.32 bits per heavy atom. The topological polar surface area (TPSA) is 38.3 Å². The average molecular weight is 340 g/mol. The molecule has 0 atom stereocenters. The van der Waals surface area contributed by atoms with Crippen LogP contribution in [0.4, 0.5) is 18.9 Å². The number of rotatable bonds is 4. The lowest BCUT2D eigenvalue weighted by Crippen LogP contribution is -2.24. The lowest BCUT2D eigenvalue weighted by Gasteiger charge is -2.13. The highest BCUT2D eigenvalue weighted by atomic mass is 79.9. The van der Waals surface area contributed by atoms with Crippen LogP contribution >= 0.6 is 15.9 Å². The molecule has 0 aliphatic carbocycles. The molecule has 0 unspecified atom stereocenters. The number of ether oxygens (including phenoxy) is 1. The van der Waals surface area contributed by atoms with E-state index < -0.39 is 25.3 Å². The van der Waals surface area contributed by atoms with Crippen molar-refractivity contribution < 1.29 is 22.7 Å². The predicted molar refractivity (Wildman–Crippen MR) is 69.1 cm³/mol. The van der Waals surface area contributed by atoms with Gasteiger partial charge < -0.3 is 10.1 Å². The molecule has 19 heavy (non-hydrogen) atoms. The maximum Gasteiger partial charge on any atom is 0.411 e. The van der Waals surface area contributed by atoms with Crippen LogP contribution in [0.2, 0.25) is 0 Å². The highest BCUT2D eigenvalue weighted by Gasteiger charge is 2.27. The highest BCUT2D eigenvalue weighted by molar-refractivity contribution is 9.10. The highest BCUT2D eigenvalue weighted by Crippen LogP contribution is 2.25. The third kappa shape index (κ3) is 5.61. The fourth-order valence-electron chi connectivity index (χ4n) is 1.54. The van der Waals surface area contributed by atoms with Gasteiger partial charge in [0, 0.05) is 10.2 Å². The zero-order valence-electron chi connectivity index (χ0n) is 10.4. The molecular weight excluding hydrogens is 327 g/mol. The van der Waals surface area contributed by atoms with Crippen LogP contribution in [0.15, 0.2) is 16.6 Å².